The molecule has 0 amide bonds. The number of rotatable bonds is 5. The van der Waals surface area contributed by atoms with Gasteiger partial charge in [0.1, 0.15) is 0 Å². The first kappa shape index (κ1) is 12.9. The number of nitrogens with two attached hydrogens (primary N) is 1. The predicted molar refractivity (Wildman–Crippen MR) is 58.9 cm³/mol. The highest BCUT2D eigenvalue weighted by molar-refractivity contribution is 7.89. The number of aliphatic hydroxyl groups excluding tert-OH is 1. The minimum atomic E-state index is -3.17. The van der Waals surface area contributed by atoms with Gasteiger partial charge in [-0.15, -0.1) is 0 Å². The third-order valence-corrected chi connectivity index (χ3v) is 4.18. The highest BCUT2D eigenvalue weighted by Gasteiger charge is 2.23. The summed E-state index contributed by atoms with van der Waals surface area (Å²) < 4.78 is 25.7. The fourth-order valence-corrected chi connectivity index (χ4v) is 3.19. The fraction of sp³-hybridized carbons (Fsp3) is 1.00. The second-order valence-electron chi connectivity index (χ2n) is 4.08. The van der Waals surface area contributed by atoms with E-state index in [4.69, 9.17) is 5.73 Å². The predicted octanol–water partition coefficient (Wildman–Crippen LogP) is -0.442. The number of hydrogen-bond donors (Lipinski definition) is 3. The van der Waals surface area contributed by atoms with Gasteiger partial charge >= 0.3 is 0 Å². The van der Waals surface area contributed by atoms with Crippen LogP contribution in [-0.4, -0.2) is 38.0 Å². The van der Waals surface area contributed by atoms with E-state index >= 15 is 0 Å². The molecule has 0 aliphatic heterocycles. The summed E-state index contributed by atoms with van der Waals surface area (Å²) in [5, 5.41) is 9.27. The van der Waals surface area contributed by atoms with Crippen LogP contribution in [0.15, 0.2) is 0 Å². The van der Waals surface area contributed by atoms with Crippen LogP contribution >= 0.6 is 0 Å². The molecule has 0 radical (unpaired) electrons. The highest BCUT2D eigenvalue weighted by atomic mass is 32.2. The molecule has 0 atom stereocenters. The summed E-state index contributed by atoms with van der Waals surface area (Å²) in [5.74, 6) is 0.0998. The Morgan fingerprint density at radius 2 is 1.87 bits per heavy atom. The zero-order valence-corrected chi connectivity index (χ0v) is 9.67. The van der Waals surface area contributed by atoms with Crippen molar-refractivity contribution in [2.24, 2.45) is 5.73 Å². The van der Waals surface area contributed by atoms with Gasteiger partial charge in [-0.1, -0.05) is 0 Å². The first-order chi connectivity index (χ1) is 7.03. The lowest BCUT2D eigenvalue weighted by Gasteiger charge is -2.25. The lowest BCUT2D eigenvalue weighted by molar-refractivity contribution is 0.120. The van der Waals surface area contributed by atoms with Crippen LogP contribution in [0.4, 0.5) is 0 Å². The third-order valence-electron chi connectivity index (χ3n) is 2.66. The van der Waals surface area contributed by atoms with Gasteiger partial charge in [-0.3, -0.25) is 0 Å². The van der Waals surface area contributed by atoms with E-state index in [1.54, 1.807) is 0 Å². The van der Waals surface area contributed by atoms with Crippen molar-refractivity contribution in [1.82, 2.24) is 4.72 Å². The van der Waals surface area contributed by atoms with Crippen LogP contribution in [0.2, 0.25) is 0 Å². The second kappa shape index (κ2) is 5.79. The molecule has 1 saturated carbocycles. The van der Waals surface area contributed by atoms with Crippen LogP contribution in [0, 0.1) is 0 Å². The molecule has 0 saturated heterocycles. The molecule has 5 nitrogen and oxygen atoms in total. The molecule has 0 aromatic rings. The lowest BCUT2D eigenvalue weighted by atomic mass is 9.94. The molecule has 1 fully saturated rings. The van der Waals surface area contributed by atoms with E-state index < -0.39 is 10.0 Å². The fourth-order valence-electron chi connectivity index (χ4n) is 1.78. The van der Waals surface area contributed by atoms with Crippen molar-refractivity contribution in [1.29, 1.82) is 0 Å². The molecule has 15 heavy (non-hydrogen) atoms. The van der Waals surface area contributed by atoms with E-state index in [0.717, 1.165) is 12.8 Å². The molecule has 6 heteroatoms. The minimum absolute atomic E-state index is 0.00354. The zero-order chi connectivity index (χ0) is 11.3. The van der Waals surface area contributed by atoms with E-state index in [-0.39, 0.29) is 17.9 Å². The Balaban J connectivity index is 2.34. The smallest absolute Gasteiger partial charge is 0.211 e. The molecule has 0 unspecified atom stereocenters. The Bertz CT molecular complexity index is 271. The molecular weight excluding hydrogens is 216 g/mol. The van der Waals surface area contributed by atoms with Crippen molar-refractivity contribution in [3.8, 4) is 0 Å². The topological polar surface area (TPSA) is 92.4 Å². The third kappa shape index (κ3) is 4.92. The van der Waals surface area contributed by atoms with E-state index in [9.17, 15) is 13.5 Å². The molecule has 1 aliphatic carbocycles. The van der Waals surface area contributed by atoms with Crippen LogP contribution in [0.25, 0.3) is 0 Å². The molecule has 0 aromatic carbocycles. The molecule has 0 bridgehead atoms. The Morgan fingerprint density at radius 1 is 1.27 bits per heavy atom. The van der Waals surface area contributed by atoms with Crippen molar-refractivity contribution < 1.29 is 13.5 Å². The molecule has 1 aliphatic rings. The monoisotopic (exact) mass is 236 g/mol. The van der Waals surface area contributed by atoms with Gasteiger partial charge < -0.3 is 10.8 Å². The van der Waals surface area contributed by atoms with Crippen LogP contribution < -0.4 is 10.5 Å². The number of aliphatic hydroxyl groups is 1. The Hall–Kier alpha value is -0.170. The average molecular weight is 236 g/mol. The molecular formula is C9H20N2O3S. The Labute approximate surface area is 91.1 Å². The number of hydrogen-bond acceptors (Lipinski definition) is 4. The maximum Gasteiger partial charge on any atom is 0.211 e. The van der Waals surface area contributed by atoms with E-state index in [1.807, 2.05) is 0 Å². The molecule has 0 heterocycles. The summed E-state index contributed by atoms with van der Waals surface area (Å²) in [4.78, 5) is 0. The summed E-state index contributed by atoms with van der Waals surface area (Å²) in [6.07, 6.45) is 3.06. The molecule has 0 spiro atoms. The van der Waals surface area contributed by atoms with E-state index in [2.05, 4.69) is 4.72 Å². The van der Waals surface area contributed by atoms with Gasteiger partial charge in [0.15, 0.2) is 0 Å². The second-order valence-corrected chi connectivity index (χ2v) is 5.96. The number of sulfonamides is 1. The zero-order valence-electron chi connectivity index (χ0n) is 8.85. The van der Waals surface area contributed by atoms with Gasteiger partial charge in [-0.2, -0.15) is 0 Å². The molecule has 1 rings (SSSR count). The summed E-state index contributed by atoms with van der Waals surface area (Å²) in [5.41, 5.74) is 5.26. The Morgan fingerprint density at radius 3 is 2.40 bits per heavy atom. The lowest BCUT2D eigenvalue weighted by Crippen LogP contribution is -2.39. The minimum Gasteiger partial charge on any atom is -0.393 e. The van der Waals surface area contributed by atoms with Gasteiger partial charge in [-0.05, 0) is 38.6 Å². The highest BCUT2D eigenvalue weighted by Crippen LogP contribution is 2.18. The van der Waals surface area contributed by atoms with Crippen molar-refractivity contribution in [2.45, 2.75) is 44.2 Å². The Kier molecular flexibility index (Phi) is 4.98. The normalized spacial score (nSPS) is 27.9. The van der Waals surface area contributed by atoms with Crippen molar-refractivity contribution >= 4 is 10.0 Å². The summed E-state index contributed by atoms with van der Waals surface area (Å²) in [7, 11) is -3.17. The van der Waals surface area contributed by atoms with Crippen molar-refractivity contribution in [2.75, 3.05) is 12.3 Å². The van der Waals surface area contributed by atoms with Gasteiger partial charge in [0, 0.05) is 6.04 Å². The summed E-state index contributed by atoms with van der Waals surface area (Å²) in [6, 6.07) is -0.00354. The van der Waals surface area contributed by atoms with Gasteiger partial charge in [0.05, 0.1) is 11.9 Å². The summed E-state index contributed by atoms with van der Waals surface area (Å²) >= 11 is 0. The molecule has 90 valence electrons. The van der Waals surface area contributed by atoms with Crippen molar-refractivity contribution in [3.05, 3.63) is 0 Å². The standard InChI is InChI=1S/C9H20N2O3S/c10-6-1-7-15(13,14)11-8-2-4-9(12)5-3-8/h8-9,11-12H,1-7,10H2. The quantitative estimate of drug-likeness (QED) is 0.603. The molecule has 0 aromatic heterocycles. The molecule has 4 N–H and O–H groups in total. The van der Waals surface area contributed by atoms with Crippen molar-refractivity contribution in [3.63, 3.8) is 0 Å². The largest absolute Gasteiger partial charge is 0.393 e. The van der Waals surface area contributed by atoms with Gasteiger partial charge in [-0.25, -0.2) is 13.1 Å². The van der Waals surface area contributed by atoms with Gasteiger partial charge in [0.25, 0.3) is 0 Å². The van der Waals surface area contributed by atoms with Crippen LogP contribution in [0.3, 0.4) is 0 Å². The first-order valence-electron chi connectivity index (χ1n) is 5.41. The number of nitrogens with one attached hydrogen (secondary N) is 1. The van der Waals surface area contributed by atoms with Crippen LogP contribution in [0.5, 0.6) is 0 Å². The van der Waals surface area contributed by atoms with E-state index in [0.29, 0.717) is 25.8 Å². The van der Waals surface area contributed by atoms with E-state index in [1.165, 1.54) is 0 Å². The first-order valence-corrected chi connectivity index (χ1v) is 7.07. The maximum atomic E-state index is 11.5. The SMILES string of the molecule is NCCCS(=O)(=O)NC1CCC(O)CC1. The van der Waals surface area contributed by atoms with Gasteiger partial charge in [0.2, 0.25) is 10.0 Å². The maximum absolute atomic E-state index is 11.5. The summed E-state index contributed by atoms with van der Waals surface area (Å²) in [6.45, 7) is 0.393. The van der Waals surface area contributed by atoms with Crippen LogP contribution in [0.1, 0.15) is 32.1 Å². The van der Waals surface area contributed by atoms with Crippen LogP contribution in [-0.2, 0) is 10.0 Å². The average Bonchev–Trinajstić information content (AvgIpc) is 2.18.